The minimum Gasteiger partial charge on any atom is -0.392 e. The van der Waals surface area contributed by atoms with Crippen molar-refractivity contribution in [3.8, 4) is 0 Å². The van der Waals surface area contributed by atoms with Crippen molar-refractivity contribution in [1.82, 2.24) is 0 Å². The molecule has 0 amide bonds. The van der Waals surface area contributed by atoms with Gasteiger partial charge in [-0.05, 0) is 0 Å². The average molecular weight is 90.1 g/mol. The van der Waals surface area contributed by atoms with E-state index in [0.717, 1.165) is 0 Å². The summed E-state index contributed by atoms with van der Waals surface area (Å²) in [7, 11) is 2.36. The number of hydrogen-bond donors (Lipinski definition) is 1. The lowest BCUT2D eigenvalue weighted by atomic mass is 10.7. The van der Waals surface area contributed by atoms with E-state index in [2.05, 4.69) is 9.24 Å². The lowest BCUT2D eigenvalue weighted by molar-refractivity contribution is 0.343. The second kappa shape index (κ2) is 4.13. The lowest BCUT2D eigenvalue weighted by Gasteiger charge is -1.66. The molecule has 1 unspecified atom stereocenters. The van der Waals surface area contributed by atoms with E-state index in [0.29, 0.717) is 0 Å². The maximum absolute atomic E-state index is 7.97. The van der Waals surface area contributed by atoms with Crippen LogP contribution in [0.25, 0.3) is 0 Å². The van der Waals surface area contributed by atoms with Crippen LogP contribution in [-0.4, -0.2) is 11.7 Å². The van der Waals surface area contributed by atoms with Crippen LogP contribution in [0.2, 0.25) is 0 Å². The molecule has 0 aromatic heterocycles. The predicted molar refractivity (Wildman–Crippen MR) is 25.9 cm³/mol. The highest BCUT2D eigenvalue weighted by molar-refractivity contribution is 7.20. The maximum atomic E-state index is 7.97. The summed E-state index contributed by atoms with van der Waals surface area (Å²) < 4.78 is 0. The summed E-state index contributed by atoms with van der Waals surface area (Å²) in [4.78, 5) is 0. The molecule has 0 heterocycles. The normalized spacial score (nSPS) is 10.0. The molecule has 1 atom stereocenters. The summed E-state index contributed by atoms with van der Waals surface area (Å²) in [5.41, 5.74) is 0. The Morgan fingerprint density at radius 2 is 2.40 bits per heavy atom. The summed E-state index contributed by atoms with van der Waals surface area (Å²) >= 11 is 0. The lowest BCUT2D eigenvalue weighted by Crippen LogP contribution is -1.64. The average Bonchev–Trinajstić information content (AvgIpc) is 1.41. The predicted octanol–water partition coefficient (Wildman–Crippen LogP) is 0.367. The fourth-order valence-electron chi connectivity index (χ4n) is 0.0609. The van der Waals surface area contributed by atoms with Crippen molar-refractivity contribution in [3.63, 3.8) is 0 Å². The molecule has 0 aliphatic heterocycles. The first-order valence-electron chi connectivity index (χ1n) is 1.39. The Morgan fingerprint density at radius 1 is 1.80 bits per heavy atom. The first kappa shape index (κ1) is 5.13. The molecule has 0 spiro atoms. The topological polar surface area (TPSA) is 20.2 Å². The second-order valence-electron chi connectivity index (χ2n) is 0.611. The minimum atomic E-state index is 0.142. The van der Waals surface area contributed by atoms with Crippen LogP contribution in [0.5, 0.6) is 0 Å². The fourth-order valence-corrected chi connectivity index (χ4v) is 0.183. The van der Waals surface area contributed by atoms with E-state index in [1.165, 1.54) is 0 Å². The maximum Gasteiger partial charge on any atom is 0.0615 e. The van der Waals surface area contributed by atoms with Crippen LogP contribution in [0.3, 0.4) is 0 Å². The third kappa shape index (κ3) is 4.13. The summed E-state index contributed by atoms with van der Waals surface area (Å²) in [5.74, 6) is 1.72. The molecule has 0 aromatic rings. The first-order chi connectivity index (χ1) is 2.41. The number of hydrogen-bond acceptors (Lipinski definition) is 1. The highest BCUT2D eigenvalue weighted by Gasteiger charge is 1.52. The van der Waals surface area contributed by atoms with Crippen LogP contribution in [0.15, 0.2) is 11.9 Å². The monoisotopic (exact) mass is 90.0 g/mol. The molecule has 0 saturated heterocycles. The highest BCUT2D eigenvalue weighted by atomic mass is 31.0. The Morgan fingerprint density at radius 3 is 2.40 bits per heavy atom. The SMILES string of the molecule is OCC=CP. The van der Waals surface area contributed by atoms with Crippen LogP contribution < -0.4 is 0 Å². The van der Waals surface area contributed by atoms with Gasteiger partial charge in [0.1, 0.15) is 0 Å². The smallest absolute Gasteiger partial charge is 0.0615 e. The standard InChI is InChI=1S/C3H7OP/c4-2-1-3-5/h1,3-4H,2,5H2. The summed E-state index contributed by atoms with van der Waals surface area (Å²) in [6, 6.07) is 0. The van der Waals surface area contributed by atoms with Crippen LogP contribution in [0.1, 0.15) is 0 Å². The molecule has 0 saturated carbocycles. The molecular formula is C3H7OP. The molecule has 0 rings (SSSR count). The Hall–Kier alpha value is 0.130. The van der Waals surface area contributed by atoms with Crippen molar-refractivity contribution in [2.75, 3.05) is 6.61 Å². The van der Waals surface area contributed by atoms with Gasteiger partial charge in [0.15, 0.2) is 0 Å². The molecule has 0 aliphatic rings. The van der Waals surface area contributed by atoms with Gasteiger partial charge in [-0.3, -0.25) is 0 Å². The highest BCUT2D eigenvalue weighted by Crippen LogP contribution is 1.78. The van der Waals surface area contributed by atoms with Crippen LogP contribution in [0.4, 0.5) is 0 Å². The molecule has 0 bridgehead atoms. The number of rotatable bonds is 1. The summed E-state index contributed by atoms with van der Waals surface area (Å²) in [6.07, 6.45) is 1.64. The van der Waals surface area contributed by atoms with Gasteiger partial charge in [0.2, 0.25) is 0 Å². The van der Waals surface area contributed by atoms with Crippen LogP contribution in [0, 0.1) is 0 Å². The van der Waals surface area contributed by atoms with E-state index in [1.54, 1.807) is 11.9 Å². The molecule has 30 valence electrons. The van der Waals surface area contributed by atoms with Crippen molar-refractivity contribution in [2.45, 2.75) is 0 Å². The Balaban J connectivity index is 2.62. The quantitative estimate of drug-likeness (QED) is 0.461. The van der Waals surface area contributed by atoms with E-state index in [9.17, 15) is 0 Å². The first-order valence-corrected chi connectivity index (χ1v) is 2.06. The van der Waals surface area contributed by atoms with Crippen molar-refractivity contribution in [3.05, 3.63) is 11.9 Å². The third-order valence-electron chi connectivity index (χ3n) is 0.241. The van der Waals surface area contributed by atoms with E-state index in [-0.39, 0.29) is 6.61 Å². The van der Waals surface area contributed by atoms with Gasteiger partial charge in [0.05, 0.1) is 6.61 Å². The van der Waals surface area contributed by atoms with Gasteiger partial charge in [0.25, 0.3) is 0 Å². The Bertz CT molecular complexity index is 33.9. The van der Waals surface area contributed by atoms with Crippen molar-refractivity contribution in [1.29, 1.82) is 0 Å². The van der Waals surface area contributed by atoms with Gasteiger partial charge in [-0.25, -0.2) is 0 Å². The van der Waals surface area contributed by atoms with Gasteiger partial charge < -0.3 is 5.11 Å². The molecule has 2 heteroatoms. The molecule has 0 fully saturated rings. The van der Waals surface area contributed by atoms with Crippen molar-refractivity contribution < 1.29 is 5.11 Å². The molecule has 1 N–H and O–H groups in total. The minimum absolute atomic E-state index is 0.142. The second-order valence-corrected chi connectivity index (χ2v) is 0.996. The zero-order chi connectivity index (χ0) is 4.12. The van der Waals surface area contributed by atoms with Gasteiger partial charge >= 0.3 is 0 Å². The Labute approximate surface area is 33.9 Å². The molecule has 0 radical (unpaired) electrons. The van der Waals surface area contributed by atoms with Crippen LogP contribution >= 0.6 is 9.24 Å². The summed E-state index contributed by atoms with van der Waals surface area (Å²) in [6.45, 7) is 0.142. The van der Waals surface area contributed by atoms with Gasteiger partial charge in [-0.2, -0.15) is 0 Å². The molecule has 0 aliphatic carbocycles. The van der Waals surface area contributed by atoms with Crippen molar-refractivity contribution in [2.24, 2.45) is 0 Å². The zero-order valence-electron chi connectivity index (χ0n) is 2.89. The van der Waals surface area contributed by atoms with Crippen LogP contribution in [-0.2, 0) is 0 Å². The van der Waals surface area contributed by atoms with E-state index < -0.39 is 0 Å². The van der Waals surface area contributed by atoms with Gasteiger partial charge in [-0.1, -0.05) is 11.9 Å². The number of aliphatic hydroxyl groups is 1. The number of aliphatic hydroxyl groups excluding tert-OH is 1. The molecule has 1 nitrogen and oxygen atoms in total. The third-order valence-corrected chi connectivity index (χ3v) is 0.514. The molecular weight excluding hydrogens is 83.0 g/mol. The van der Waals surface area contributed by atoms with E-state index in [1.807, 2.05) is 0 Å². The molecule has 0 aromatic carbocycles. The largest absolute Gasteiger partial charge is 0.392 e. The van der Waals surface area contributed by atoms with Gasteiger partial charge in [0, 0.05) is 0 Å². The zero-order valence-corrected chi connectivity index (χ0v) is 4.04. The Kier molecular flexibility index (Phi) is 4.24. The van der Waals surface area contributed by atoms with E-state index in [4.69, 9.17) is 5.11 Å². The van der Waals surface area contributed by atoms with Crippen molar-refractivity contribution >= 4 is 9.24 Å². The fraction of sp³-hybridized carbons (Fsp3) is 0.333. The molecule has 5 heavy (non-hydrogen) atoms. The van der Waals surface area contributed by atoms with Gasteiger partial charge in [-0.15, -0.1) is 9.24 Å². The summed E-state index contributed by atoms with van der Waals surface area (Å²) in [5, 5.41) is 7.97. The van der Waals surface area contributed by atoms with E-state index >= 15 is 0 Å².